The van der Waals surface area contributed by atoms with Crippen molar-refractivity contribution in [3.05, 3.63) is 12.0 Å². The summed E-state index contributed by atoms with van der Waals surface area (Å²) in [6, 6.07) is 0. The van der Waals surface area contributed by atoms with Gasteiger partial charge in [0.1, 0.15) is 30.2 Å². The maximum absolute atomic E-state index is 7.52. The third-order valence-corrected chi connectivity index (χ3v) is 3.48. The fourth-order valence-electron chi connectivity index (χ4n) is 2.17. The van der Waals surface area contributed by atoms with Crippen molar-refractivity contribution in [2.24, 2.45) is 5.73 Å². The fourth-order valence-corrected chi connectivity index (χ4v) is 2.17. The summed E-state index contributed by atoms with van der Waals surface area (Å²) >= 11 is 0. The molecule has 4 N–H and O–H groups in total. The van der Waals surface area contributed by atoms with Crippen LogP contribution in [0.2, 0.25) is 0 Å². The lowest BCUT2D eigenvalue weighted by Gasteiger charge is -2.31. The Bertz CT molecular complexity index is 514. The lowest BCUT2D eigenvalue weighted by molar-refractivity contribution is -0.240. The Labute approximate surface area is 124 Å². The first-order valence-electron chi connectivity index (χ1n) is 6.82. The van der Waals surface area contributed by atoms with Crippen molar-refractivity contribution in [3.63, 3.8) is 0 Å². The second-order valence-electron chi connectivity index (χ2n) is 5.47. The monoisotopic (exact) mass is 297 g/mol. The lowest BCUT2D eigenvalue weighted by atomic mass is 10.2. The highest BCUT2D eigenvalue weighted by Gasteiger charge is 2.29. The van der Waals surface area contributed by atoms with Crippen molar-refractivity contribution < 1.29 is 14.2 Å². The fraction of sp³-hybridized carbons (Fsp3) is 0.692. The quantitative estimate of drug-likeness (QED) is 0.420. The molecule has 0 fully saturated rings. The van der Waals surface area contributed by atoms with Gasteiger partial charge in [-0.25, -0.2) is 4.98 Å². The summed E-state index contributed by atoms with van der Waals surface area (Å²) in [4.78, 5) is 4.10. The molecule has 1 aromatic heterocycles. The Balaban J connectivity index is 2.04. The van der Waals surface area contributed by atoms with E-state index in [1.807, 2.05) is 20.8 Å². The van der Waals surface area contributed by atoms with Gasteiger partial charge in [0, 0.05) is 13.7 Å². The maximum atomic E-state index is 7.52. The number of hydrogen-bond acceptors (Lipinski definition) is 6. The van der Waals surface area contributed by atoms with E-state index in [1.54, 1.807) is 18.0 Å². The molecular weight excluding hydrogens is 274 g/mol. The van der Waals surface area contributed by atoms with Crippen LogP contribution >= 0.6 is 0 Å². The van der Waals surface area contributed by atoms with Gasteiger partial charge in [-0.05, 0) is 20.8 Å². The van der Waals surface area contributed by atoms with Gasteiger partial charge in [-0.3, -0.25) is 9.98 Å². The molecule has 0 bridgehead atoms. The first-order chi connectivity index (χ1) is 9.84. The minimum absolute atomic E-state index is 0.0699. The molecule has 0 spiro atoms. The van der Waals surface area contributed by atoms with Crippen LogP contribution in [-0.4, -0.2) is 47.0 Å². The number of anilines is 1. The number of nitrogens with one attached hydrogen (secondary N) is 2. The molecule has 118 valence electrons. The summed E-state index contributed by atoms with van der Waals surface area (Å²) in [5, 5.41) is 10.7. The number of rotatable bonds is 5. The van der Waals surface area contributed by atoms with Gasteiger partial charge in [0.05, 0.1) is 12.4 Å². The third-order valence-electron chi connectivity index (χ3n) is 3.48. The number of fused-ring (bicyclic) bond motifs is 1. The molecule has 8 nitrogen and oxygen atoms in total. The van der Waals surface area contributed by atoms with Crippen LogP contribution in [-0.2, 0) is 20.9 Å². The van der Waals surface area contributed by atoms with Crippen LogP contribution in [0.5, 0.6) is 0 Å². The van der Waals surface area contributed by atoms with Crippen molar-refractivity contribution in [2.45, 2.75) is 45.5 Å². The van der Waals surface area contributed by atoms with Crippen LogP contribution in [0.3, 0.4) is 0 Å². The smallest absolute Gasteiger partial charge is 0.162 e. The van der Waals surface area contributed by atoms with Gasteiger partial charge in [0.2, 0.25) is 0 Å². The largest absolute Gasteiger partial charge is 0.382 e. The van der Waals surface area contributed by atoms with E-state index >= 15 is 0 Å². The molecule has 21 heavy (non-hydrogen) atoms. The summed E-state index contributed by atoms with van der Waals surface area (Å²) in [6.07, 6.45) is 1.29. The third kappa shape index (κ3) is 3.52. The highest BCUT2D eigenvalue weighted by Crippen LogP contribution is 2.22. The molecule has 0 aliphatic carbocycles. The van der Waals surface area contributed by atoms with Crippen LogP contribution < -0.4 is 11.1 Å². The van der Waals surface area contributed by atoms with Gasteiger partial charge < -0.3 is 25.3 Å². The molecule has 0 radical (unpaired) electrons. The summed E-state index contributed by atoms with van der Waals surface area (Å²) < 4.78 is 18.8. The predicted molar refractivity (Wildman–Crippen MR) is 78.2 cm³/mol. The molecule has 0 saturated heterocycles. The van der Waals surface area contributed by atoms with Crippen molar-refractivity contribution in [1.29, 1.82) is 5.41 Å². The Hall–Kier alpha value is -1.64. The van der Waals surface area contributed by atoms with Gasteiger partial charge in [-0.2, -0.15) is 0 Å². The van der Waals surface area contributed by atoms with E-state index in [2.05, 4.69) is 10.3 Å². The first kappa shape index (κ1) is 15.7. The van der Waals surface area contributed by atoms with Crippen molar-refractivity contribution in [2.75, 3.05) is 19.0 Å². The zero-order chi connectivity index (χ0) is 15.6. The number of ether oxygens (including phenoxy) is 3. The average molecular weight is 297 g/mol. The van der Waals surface area contributed by atoms with Gasteiger partial charge >= 0.3 is 0 Å². The number of nitrogens with two attached hydrogens (primary N) is 1. The Morgan fingerprint density at radius 1 is 1.67 bits per heavy atom. The number of amidine groups is 1. The van der Waals surface area contributed by atoms with E-state index in [9.17, 15) is 0 Å². The summed E-state index contributed by atoms with van der Waals surface area (Å²) in [6.45, 7) is 6.52. The number of aromatic nitrogens is 2. The van der Waals surface area contributed by atoms with Gasteiger partial charge in [-0.15, -0.1) is 0 Å². The molecular formula is C13H23N5O3. The highest BCUT2D eigenvalue weighted by atomic mass is 16.7. The molecule has 1 aliphatic rings. The van der Waals surface area contributed by atoms with E-state index in [4.69, 9.17) is 25.4 Å². The van der Waals surface area contributed by atoms with E-state index in [0.717, 1.165) is 0 Å². The number of nitrogen functional groups attached to an aromatic ring is 1. The summed E-state index contributed by atoms with van der Waals surface area (Å²) in [7, 11) is 1.61. The van der Waals surface area contributed by atoms with Crippen molar-refractivity contribution in [3.8, 4) is 0 Å². The van der Waals surface area contributed by atoms with Gasteiger partial charge in [0.15, 0.2) is 5.79 Å². The number of hydrogen-bond donors (Lipinski definition) is 3. The first-order valence-corrected chi connectivity index (χ1v) is 6.82. The van der Waals surface area contributed by atoms with Crippen LogP contribution in [0.15, 0.2) is 6.33 Å². The zero-order valence-corrected chi connectivity index (χ0v) is 12.8. The highest BCUT2D eigenvalue weighted by molar-refractivity contribution is 5.97. The normalized spacial score (nSPS) is 20.3. The minimum atomic E-state index is -0.670. The van der Waals surface area contributed by atoms with E-state index in [-0.39, 0.29) is 18.0 Å². The van der Waals surface area contributed by atoms with E-state index in [0.29, 0.717) is 24.8 Å². The Morgan fingerprint density at radius 3 is 3.00 bits per heavy atom. The molecule has 2 atom stereocenters. The van der Waals surface area contributed by atoms with E-state index in [1.165, 1.54) is 0 Å². The topological polar surface area (TPSA) is 107 Å². The standard InChI is InChI=1S/C13H23N5O3/c1-8(21-13(2,3)19-4)9-5-16-12-10(11(14)15)17-6-18(12)7-20-9/h6,8-9,16H,5,7H2,1-4H3,(H3,14,15)/t8?,9-/m1/s1. The number of methoxy groups -OCH3 is 1. The van der Waals surface area contributed by atoms with Crippen LogP contribution in [0.25, 0.3) is 0 Å². The second-order valence-corrected chi connectivity index (χ2v) is 5.47. The molecule has 0 amide bonds. The lowest BCUT2D eigenvalue weighted by Crippen LogP contribution is -2.41. The SMILES string of the molecule is COC(C)(C)OC(C)[C@H]1CNc2c(C(=N)N)ncn2CO1. The minimum Gasteiger partial charge on any atom is -0.382 e. The summed E-state index contributed by atoms with van der Waals surface area (Å²) in [5.41, 5.74) is 5.95. The average Bonchev–Trinajstić information content (AvgIpc) is 2.70. The maximum Gasteiger partial charge on any atom is 0.162 e. The Kier molecular flexibility index (Phi) is 4.50. The molecule has 8 heteroatoms. The predicted octanol–water partition coefficient (Wildman–Crippen LogP) is 0.723. The van der Waals surface area contributed by atoms with E-state index < -0.39 is 5.79 Å². The Morgan fingerprint density at radius 2 is 2.38 bits per heavy atom. The molecule has 1 unspecified atom stereocenters. The van der Waals surface area contributed by atoms with Gasteiger partial charge in [0.25, 0.3) is 0 Å². The molecule has 0 aromatic carbocycles. The van der Waals surface area contributed by atoms with Crippen LogP contribution in [0.4, 0.5) is 5.82 Å². The summed E-state index contributed by atoms with van der Waals surface area (Å²) in [5.74, 6) is -0.0426. The van der Waals surface area contributed by atoms with Crippen LogP contribution in [0, 0.1) is 5.41 Å². The van der Waals surface area contributed by atoms with Crippen LogP contribution in [0.1, 0.15) is 26.5 Å². The molecule has 2 heterocycles. The molecule has 1 aromatic rings. The van der Waals surface area contributed by atoms with Gasteiger partial charge in [-0.1, -0.05) is 0 Å². The van der Waals surface area contributed by atoms with Crippen molar-refractivity contribution >= 4 is 11.7 Å². The zero-order valence-electron chi connectivity index (χ0n) is 12.8. The second kappa shape index (κ2) is 6.00. The number of imidazole rings is 1. The molecule has 1 aliphatic heterocycles. The molecule has 0 saturated carbocycles. The molecule has 2 rings (SSSR count). The van der Waals surface area contributed by atoms with Crippen molar-refractivity contribution in [1.82, 2.24) is 9.55 Å². The number of nitrogens with zero attached hydrogens (tertiary/aromatic N) is 2.